The molecule has 4 N–H and O–H groups in total. The highest BCUT2D eigenvalue weighted by Crippen LogP contribution is 2.41. The molecule has 0 fully saturated rings. The smallest absolute Gasteiger partial charge is 0.257 e. The molecule has 5 nitrogen and oxygen atoms in total. The first-order valence-electron chi connectivity index (χ1n) is 9.88. The average Bonchev–Trinajstić information content (AvgIpc) is 2.80. The number of rotatable bonds is 6. The molecule has 36 heavy (non-hydrogen) atoms. The Labute approximate surface area is 222 Å². The van der Waals surface area contributed by atoms with E-state index in [0.717, 1.165) is 30.3 Å². The lowest BCUT2D eigenvalue weighted by Crippen LogP contribution is -2.33. The first-order chi connectivity index (χ1) is 16.7. The molecule has 13 heteroatoms. The molecule has 0 saturated heterocycles. The van der Waals surface area contributed by atoms with E-state index in [1.807, 2.05) is 0 Å². The van der Waals surface area contributed by atoms with E-state index >= 15 is 0 Å². The quantitative estimate of drug-likeness (QED) is 0.123. The predicted octanol–water partition coefficient (Wildman–Crippen LogP) is 7.30. The van der Waals surface area contributed by atoms with Gasteiger partial charge in [-0.05, 0) is 43.3 Å². The Balaban J connectivity index is 1.91. The van der Waals surface area contributed by atoms with E-state index in [0.29, 0.717) is 0 Å². The molecule has 1 atom stereocenters. The minimum absolute atomic E-state index is 0.00448. The van der Waals surface area contributed by atoms with E-state index in [9.17, 15) is 27.2 Å². The zero-order valence-electron chi connectivity index (χ0n) is 18.0. The first kappa shape index (κ1) is 27.9. The van der Waals surface area contributed by atoms with Gasteiger partial charge in [-0.15, -0.1) is 23.2 Å². The molecule has 0 heterocycles. The van der Waals surface area contributed by atoms with Crippen molar-refractivity contribution in [1.82, 2.24) is 0 Å². The van der Waals surface area contributed by atoms with Gasteiger partial charge in [-0.25, -0.2) is 17.6 Å². The van der Waals surface area contributed by atoms with E-state index in [4.69, 9.17) is 52.1 Å². The molecule has 0 spiro atoms. The van der Waals surface area contributed by atoms with Gasteiger partial charge in [-0.1, -0.05) is 29.3 Å². The highest BCUT2D eigenvalue weighted by Gasteiger charge is 2.40. The van der Waals surface area contributed by atoms with Crippen molar-refractivity contribution in [3.63, 3.8) is 0 Å². The monoisotopic (exact) mass is 581 g/mol. The van der Waals surface area contributed by atoms with Crippen LogP contribution < -0.4 is 16.4 Å². The maximum atomic E-state index is 14.7. The Bertz CT molecular complexity index is 1370. The summed E-state index contributed by atoms with van der Waals surface area (Å²) in [6, 6.07) is 7.38. The van der Waals surface area contributed by atoms with Crippen LogP contribution in [-0.4, -0.2) is 16.1 Å². The molecule has 0 aliphatic carbocycles. The van der Waals surface area contributed by atoms with Crippen molar-refractivity contribution in [2.45, 2.75) is 17.2 Å². The molecule has 0 aliphatic rings. The molecule has 3 rings (SSSR count). The summed E-state index contributed by atoms with van der Waals surface area (Å²) in [6.07, 6.45) is 0. The number of alkyl halides is 2. The lowest BCUT2D eigenvalue weighted by Gasteiger charge is -2.26. The highest BCUT2D eigenvalue weighted by atomic mass is 35.5. The maximum absolute atomic E-state index is 14.7. The molecule has 0 bridgehead atoms. The van der Waals surface area contributed by atoms with Crippen molar-refractivity contribution in [2.75, 3.05) is 16.4 Å². The number of benzene rings is 3. The fraction of sp³-hybridized carbons (Fsp3) is 0.130. The van der Waals surface area contributed by atoms with Gasteiger partial charge < -0.3 is 16.4 Å². The Kier molecular flexibility index (Phi) is 8.30. The molecule has 0 aromatic heterocycles. The summed E-state index contributed by atoms with van der Waals surface area (Å²) in [5.74, 6) is -7.86. The van der Waals surface area contributed by atoms with Gasteiger partial charge in [0.25, 0.3) is 5.91 Å². The van der Waals surface area contributed by atoms with Crippen molar-refractivity contribution < 1.29 is 27.2 Å². The number of carbonyl (C=O) groups excluding carboxylic acids is 2. The summed E-state index contributed by atoms with van der Waals surface area (Å²) < 4.78 is 54.0. The summed E-state index contributed by atoms with van der Waals surface area (Å²) >= 11 is 24.0. The molecule has 1 unspecified atom stereocenters. The van der Waals surface area contributed by atoms with Crippen molar-refractivity contribution in [3.05, 3.63) is 86.9 Å². The SMILES string of the molecule is CC(Cl)(Cl)C(C(=O)Nc1ccc(Cl)c(C(=O)Nc2ccc(F)c(N)c2F)c1)c1ccc(F)c(Cl)c1F. The zero-order chi connectivity index (χ0) is 26.9. The summed E-state index contributed by atoms with van der Waals surface area (Å²) in [4.78, 5) is 25.8. The standard InChI is InChI=1S/C23H15Cl4F4N3O2/c1-23(26,27)16(10-3-5-13(28)17(25)18(10)30)22(36)33-9-2-4-12(24)11(8-9)21(35)34-15-7-6-14(29)20(32)19(15)31/h2-8,16H,32H2,1H3,(H,33,36)(H,34,35). The van der Waals surface area contributed by atoms with Crippen LogP contribution in [-0.2, 0) is 4.79 Å². The predicted molar refractivity (Wildman–Crippen MR) is 133 cm³/mol. The summed E-state index contributed by atoms with van der Waals surface area (Å²) in [6.45, 7) is 1.22. The number of hydrogen-bond acceptors (Lipinski definition) is 3. The van der Waals surface area contributed by atoms with Gasteiger partial charge in [0.05, 0.1) is 22.2 Å². The Morgan fingerprint density at radius 1 is 0.917 bits per heavy atom. The second kappa shape index (κ2) is 10.7. The van der Waals surface area contributed by atoms with E-state index < -0.39 is 61.7 Å². The number of amides is 2. The fourth-order valence-corrected chi connectivity index (χ4v) is 4.06. The van der Waals surface area contributed by atoms with Gasteiger partial charge in [-0.3, -0.25) is 9.59 Å². The summed E-state index contributed by atoms with van der Waals surface area (Å²) in [5.41, 5.74) is 3.52. The summed E-state index contributed by atoms with van der Waals surface area (Å²) in [7, 11) is 0. The molecule has 3 aromatic carbocycles. The largest absolute Gasteiger partial charge is 0.394 e. The Hall–Kier alpha value is -2.72. The third-order valence-electron chi connectivity index (χ3n) is 5.00. The normalized spacial score (nSPS) is 12.2. The average molecular weight is 583 g/mol. The molecule has 2 amide bonds. The van der Waals surface area contributed by atoms with Crippen LogP contribution in [0, 0.1) is 23.3 Å². The van der Waals surface area contributed by atoms with Gasteiger partial charge in [0.1, 0.15) is 32.5 Å². The molecule has 190 valence electrons. The molecule has 0 saturated carbocycles. The maximum Gasteiger partial charge on any atom is 0.257 e. The van der Waals surface area contributed by atoms with Crippen LogP contribution in [0.1, 0.15) is 28.8 Å². The molecule has 0 radical (unpaired) electrons. The molecule has 3 aromatic rings. The van der Waals surface area contributed by atoms with E-state index in [1.54, 1.807) is 0 Å². The second-order valence-corrected chi connectivity index (χ2v) is 10.2. The van der Waals surface area contributed by atoms with Crippen LogP contribution in [0.2, 0.25) is 10.0 Å². The van der Waals surface area contributed by atoms with Gasteiger partial charge in [-0.2, -0.15) is 0 Å². The fourth-order valence-electron chi connectivity index (χ4n) is 3.26. The zero-order valence-corrected chi connectivity index (χ0v) is 21.1. The summed E-state index contributed by atoms with van der Waals surface area (Å²) in [5, 5.41) is 3.72. The number of nitrogens with one attached hydrogen (secondary N) is 2. The van der Waals surface area contributed by atoms with Crippen LogP contribution >= 0.6 is 46.4 Å². The van der Waals surface area contributed by atoms with E-state index in [-0.39, 0.29) is 21.8 Å². The van der Waals surface area contributed by atoms with Crippen molar-refractivity contribution in [1.29, 1.82) is 0 Å². The van der Waals surface area contributed by atoms with Crippen molar-refractivity contribution >= 4 is 75.3 Å². The van der Waals surface area contributed by atoms with Gasteiger partial charge in [0.2, 0.25) is 5.91 Å². The van der Waals surface area contributed by atoms with Crippen LogP contribution in [0.5, 0.6) is 0 Å². The van der Waals surface area contributed by atoms with Crippen molar-refractivity contribution in [2.24, 2.45) is 0 Å². The molecular weight excluding hydrogens is 568 g/mol. The van der Waals surface area contributed by atoms with Gasteiger partial charge >= 0.3 is 0 Å². The number of nitrogens with two attached hydrogens (primary N) is 1. The van der Waals surface area contributed by atoms with Gasteiger partial charge in [0, 0.05) is 11.3 Å². The Morgan fingerprint density at radius 2 is 1.56 bits per heavy atom. The highest BCUT2D eigenvalue weighted by molar-refractivity contribution is 6.50. The third-order valence-corrected chi connectivity index (χ3v) is 6.11. The first-order valence-corrected chi connectivity index (χ1v) is 11.4. The lowest BCUT2D eigenvalue weighted by atomic mass is 9.93. The second-order valence-electron chi connectivity index (χ2n) is 7.61. The van der Waals surface area contributed by atoms with Crippen LogP contribution in [0.25, 0.3) is 0 Å². The van der Waals surface area contributed by atoms with Crippen molar-refractivity contribution in [3.8, 4) is 0 Å². The van der Waals surface area contributed by atoms with Crippen LogP contribution in [0.15, 0.2) is 42.5 Å². The number of carbonyl (C=O) groups is 2. The molecular formula is C23H15Cl4F4N3O2. The van der Waals surface area contributed by atoms with Crippen LogP contribution in [0.3, 0.4) is 0 Å². The number of anilines is 3. The minimum atomic E-state index is -1.88. The number of hydrogen-bond donors (Lipinski definition) is 3. The lowest BCUT2D eigenvalue weighted by molar-refractivity contribution is -0.117. The van der Waals surface area contributed by atoms with Gasteiger partial charge in [0.15, 0.2) is 5.82 Å². The topological polar surface area (TPSA) is 84.2 Å². The minimum Gasteiger partial charge on any atom is -0.394 e. The number of halogens is 8. The van der Waals surface area contributed by atoms with Crippen LogP contribution in [0.4, 0.5) is 34.6 Å². The molecule has 0 aliphatic heterocycles. The third kappa shape index (κ3) is 5.81. The number of nitrogen functional groups attached to an aromatic ring is 1. The Morgan fingerprint density at radius 3 is 2.19 bits per heavy atom. The van der Waals surface area contributed by atoms with E-state index in [1.165, 1.54) is 19.1 Å². The van der Waals surface area contributed by atoms with E-state index in [2.05, 4.69) is 10.6 Å².